The molecule has 11 heteroatoms. The number of nitrogens with one attached hydrogen (secondary N) is 1. The van der Waals surface area contributed by atoms with Crippen LogP contribution in [-0.4, -0.2) is 49.5 Å². The van der Waals surface area contributed by atoms with Crippen LogP contribution in [0.3, 0.4) is 0 Å². The van der Waals surface area contributed by atoms with Crippen LogP contribution >= 0.6 is 22.9 Å². The van der Waals surface area contributed by atoms with Gasteiger partial charge in [-0.2, -0.15) is 12.7 Å². The number of carbonyl (C=O) groups is 1. The van der Waals surface area contributed by atoms with Crippen molar-refractivity contribution in [2.45, 2.75) is 13.8 Å². The average molecular weight is 480 g/mol. The van der Waals surface area contributed by atoms with Crippen molar-refractivity contribution >= 4 is 49.9 Å². The number of aryl methyl sites for hydroxylation is 2. The minimum Gasteiger partial charge on any atom is -0.299 e. The number of carbonyl (C=O) groups excluding carboxylic acids is 1. The third kappa shape index (κ3) is 5.40. The minimum atomic E-state index is -3.90. The van der Waals surface area contributed by atoms with Gasteiger partial charge in [-0.1, -0.05) is 47.2 Å². The van der Waals surface area contributed by atoms with Crippen LogP contribution in [0.25, 0.3) is 10.6 Å². The fourth-order valence-electron chi connectivity index (χ4n) is 2.75. The molecule has 0 bridgehead atoms. The largest absolute Gasteiger partial charge is 0.304 e. The van der Waals surface area contributed by atoms with E-state index in [1.165, 1.54) is 25.4 Å². The Morgan fingerprint density at radius 2 is 1.77 bits per heavy atom. The molecule has 8 nitrogen and oxygen atoms in total. The highest BCUT2D eigenvalue weighted by atomic mass is 35.5. The van der Waals surface area contributed by atoms with Crippen LogP contribution in [-0.2, 0) is 15.0 Å². The Hall–Kier alpha value is -2.53. The molecule has 0 atom stereocenters. The predicted octanol–water partition coefficient (Wildman–Crippen LogP) is 3.73. The van der Waals surface area contributed by atoms with Crippen LogP contribution < -0.4 is 9.62 Å². The van der Waals surface area contributed by atoms with Crippen LogP contribution in [0.2, 0.25) is 5.02 Å². The second-order valence-electron chi connectivity index (χ2n) is 7.05. The molecule has 0 aliphatic rings. The summed E-state index contributed by atoms with van der Waals surface area (Å²) in [6.45, 7) is 3.26. The topological polar surface area (TPSA) is 95.5 Å². The number of hydrogen-bond acceptors (Lipinski definition) is 6. The Morgan fingerprint density at radius 3 is 2.42 bits per heavy atom. The first-order chi connectivity index (χ1) is 14.6. The number of halogens is 1. The Kier molecular flexibility index (Phi) is 6.95. The van der Waals surface area contributed by atoms with E-state index >= 15 is 0 Å². The second-order valence-corrected chi connectivity index (χ2v) is 10.5. The summed E-state index contributed by atoms with van der Waals surface area (Å²) in [5.41, 5.74) is 2.89. The number of rotatable bonds is 7. The maximum atomic E-state index is 12.9. The molecular weight excluding hydrogens is 458 g/mol. The number of nitrogens with zero attached hydrogens (tertiary/aromatic N) is 4. The molecule has 164 valence electrons. The van der Waals surface area contributed by atoms with Crippen molar-refractivity contribution in [3.63, 3.8) is 0 Å². The summed E-state index contributed by atoms with van der Waals surface area (Å²) in [5.74, 6) is -0.523. The molecule has 0 spiro atoms. The van der Waals surface area contributed by atoms with Crippen molar-refractivity contribution in [1.82, 2.24) is 14.5 Å². The zero-order valence-corrected chi connectivity index (χ0v) is 19.8. The summed E-state index contributed by atoms with van der Waals surface area (Å²) < 4.78 is 28.0. The van der Waals surface area contributed by atoms with E-state index in [2.05, 4.69) is 15.5 Å². The lowest BCUT2D eigenvalue weighted by molar-refractivity contribution is -0.114. The third-order valence-electron chi connectivity index (χ3n) is 4.42. The summed E-state index contributed by atoms with van der Waals surface area (Å²) in [5, 5.41) is 12.2. The highest BCUT2D eigenvalue weighted by Crippen LogP contribution is 2.28. The van der Waals surface area contributed by atoms with Crippen molar-refractivity contribution in [1.29, 1.82) is 0 Å². The molecule has 31 heavy (non-hydrogen) atoms. The van der Waals surface area contributed by atoms with Gasteiger partial charge in [0.15, 0.2) is 0 Å². The summed E-state index contributed by atoms with van der Waals surface area (Å²) in [6, 6.07) is 12.5. The quantitative estimate of drug-likeness (QED) is 0.557. The number of hydrogen-bond donors (Lipinski definition) is 1. The molecule has 0 aliphatic carbocycles. The van der Waals surface area contributed by atoms with E-state index in [1.807, 2.05) is 19.1 Å². The van der Waals surface area contributed by atoms with E-state index in [0.29, 0.717) is 15.7 Å². The number of anilines is 2. The van der Waals surface area contributed by atoms with Crippen LogP contribution in [0.15, 0.2) is 42.5 Å². The molecule has 3 rings (SSSR count). The Morgan fingerprint density at radius 1 is 1.10 bits per heavy atom. The average Bonchev–Trinajstić information content (AvgIpc) is 3.16. The normalized spacial score (nSPS) is 11.5. The first-order valence-electron chi connectivity index (χ1n) is 9.24. The second kappa shape index (κ2) is 9.31. The van der Waals surface area contributed by atoms with Crippen LogP contribution in [0.1, 0.15) is 11.1 Å². The Balaban J connectivity index is 1.83. The van der Waals surface area contributed by atoms with E-state index in [0.717, 1.165) is 25.3 Å². The number of benzene rings is 2. The van der Waals surface area contributed by atoms with Crippen molar-refractivity contribution in [3.8, 4) is 10.6 Å². The molecule has 0 aliphatic heterocycles. The zero-order valence-electron chi connectivity index (χ0n) is 17.5. The Bertz CT molecular complexity index is 1190. The third-order valence-corrected chi connectivity index (χ3v) is 7.37. The lowest BCUT2D eigenvalue weighted by Gasteiger charge is -2.28. The minimum absolute atomic E-state index is 0.276. The van der Waals surface area contributed by atoms with Gasteiger partial charge in [-0.3, -0.25) is 10.1 Å². The maximum Gasteiger partial charge on any atom is 0.304 e. The van der Waals surface area contributed by atoms with Gasteiger partial charge in [-0.15, -0.1) is 10.2 Å². The summed E-state index contributed by atoms with van der Waals surface area (Å²) >= 11 is 7.09. The SMILES string of the molecule is Cc1ccc(C)c(N(CC(=O)Nc2nnc(-c3ccc(Cl)cc3)s2)S(=O)(=O)N(C)C)c1. The summed E-state index contributed by atoms with van der Waals surface area (Å²) in [6.07, 6.45) is 0. The van der Waals surface area contributed by atoms with Gasteiger partial charge in [-0.05, 0) is 43.2 Å². The van der Waals surface area contributed by atoms with Crippen LogP contribution in [0.4, 0.5) is 10.8 Å². The molecule has 0 saturated heterocycles. The molecule has 1 aromatic heterocycles. The fourth-order valence-corrected chi connectivity index (χ4v) is 4.76. The molecule has 0 unspecified atom stereocenters. The van der Waals surface area contributed by atoms with Crippen molar-refractivity contribution in [2.75, 3.05) is 30.3 Å². The van der Waals surface area contributed by atoms with Gasteiger partial charge < -0.3 is 0 Å². The number of amides is 1. The van der Waals surface area contributed by atoms with Gasteiger partial charge >= 0.3 is 10.2 Å². The lowest BCUT2D eigenvalue weighted by atomic mass is 10.1. The molecule has 0 fully saturated rings. The molecule has 2 aromatic carbocycles. The molecule has 3 aromatic rings. The summed E-state index contributed by atoms with van der Waals surface area (Å²) in [4.78, 5) is 12.7. The van der Waals surface area contributed by atoms with Crippen LogP contribution in [0, 0.1) is 13.8 Å². The van der Waals surface area contributed by atoms with Gasteiger partial charge in [0.2, 0.25) is 11.0 Å². The smallest absolute Gasteiger partial charge is 0.299 e. The first kappa shape index (κ1) is 23.1. The van der Waals surface area contributed by atoms with E-state index in [9.17, 15) is 13.2 Å². The molecule has 1 N–H and O–H groups in total. The highest BCUT2D eigenvalue weighted by molar-refractivity contribution is 7.90. The molecule has 0 radical (unpaired) electrons. The highest BCUT2D eigenvalue weighted by Gasteiger charge is 2.29. The Labute approximate surface area is 190 Å². The van der Waals surface area contributed by atoms with Gasteiger partial charge in [0.1, 0.15) is 11.6 Å². The van der Waals surface area contributed by atoms with Gasteiger partial charge in [0, 0.05) is 24.7 Å². The van der Waals surface area contributed by atoms with Crippen molar-refractivity contribution in [2.24, 2.45) is 0 Å². The van der Waals surface area contributed by atoms with Crippen molar-refractivity contribution in [3.05, 3.63) is 58.6 Å². The van der Waals surface area contributed by atoms with E-state index in [1.54, 1.807) is 37.3 Å². The monoisotopic (exact) mass is 479 g/mol. The van der Waals surface area contributed by atoms with Gasteiger partial charge in [0.25, 0.3) is 0 Å². The first-order valence-corrected chi connectivity index (χ1v) is 11.8. The standard InChI is InChI=1S/C20H22ClN5O3S2/c1-13-5-6-14(2)17(11-13)26(31(28,29)25(3)4)12-18(27)22-20-24-23-19(30-20)15-7-9-16(21)10-8-15/h5-11H,12H2,1-4H3,(H,22,24,27). The van der Waals surface area contributed by atoms with Gasteiger partial charge in [-0.25, -0.2) is 4.31 Å². The van der Waals surface area contributed by atoms with Gasteiger partial charge in [0.05, 0.1) is 5.69 Å². The molecular formula is C20H22ClN5O3S2. The predicted molar refractivity (Wildman–Crippen MR) is 125 cm³/mol. The molecule has 1 amide bonds. The lowest BCUT2D eigenvalue weighted by Crippen LogP contribution is -2.44. The van der Waals surface area contributed by atoms with Crippen LogP contribution in [0.5, 0.6) is 0 Å². The zero-order chi connectivity index (χ0) is 22.8. The fraction of sp³-hybridized carbons (Fsp3) is 0.250. The molecule has 1 heterocycles. The van der Waals surface area contributed by atoms with Crippen molar-refractivity contribution < 1.29 is 13.2 Å². The number of aromatic nitrogens is 2. The summed E-state index contributed by atoms with van der Waals surface area (Å²) in [7, 11) is -1.05. The van der Waals surface area contributed by atoms with E-state index < -0.39 is 22.7 Å². The van der Waals surface area contributed by atoms with E-state index in [4.69, 9.17) is 11.6 Å². The van der Waals surface area contributed by atoms with E-state index in [-0.39, 0.29) is 5.13 Å². The maximum absolute atomic E-state index is 12.9. The molecule has 0 saturated carbocycles.